The van der Waals surface area contributed by atoms with E-state index < -0.39 is 0 Å². The lowest BCUT2D eigenvalue weighted by Crippen LogP contribution is -2.01. The molecule has 0 aromatic rings. The molecule has 0 unspecified atom stereocenters. The van der Waals surface area contributed by atoms with Crippen molar-refractivity contribution in [3.8, 4) is 0 Å². The minimum absolute atomic E-state index is 0.845. The van der Waals surface area contributed by atoms with Crippen LogP contribution in [-0.4, -0.2) is 44.1 Å². The first kappa shape index (κ1) is 6.46. The van der Waals surface area contributed by atoms with E-state index in [1.807, 2.05) is 0 Å². The molecule has 1 saturated heterocycles. The zero-order valence-corrected chi connectivity index (χ0v) is 5.67. The van der Waals surface area contributed by atoms with E-state index in [0.717, 1.165) is 13.1 Å². The van der Waals surface area contributed by atoms with E-state index in [-0.39, 0.29) is 0 Å². The van der Waals surface area contributed by atoms with Crippen LogP contribution < -0.4 is 0 Å². The van der Waals surface area contributed by atoms with Crippen molar-refractivity contribution in [3.63, 3.8) is 0 Å². The van der Waals surface area contributed by atoms with Gasteiger partial charge in [0.2, 0.25) is 0 Å². The summed E-state index contributed by atoms with van der Waals surface area (Å²) in [6.07, 6.45) is 0. The summed E-state index contributed by atoms with van der Waals surface area (Å²) in [5, 5.41) is 0. The summed E-state index contributed by atoms with van der Waals surface area (Å²) in [4.78, 5) is 9.85. The summed E-state index contributed by atoms with van der Waals surface area (Å²) in [6, 6.07) is 2.55. The maximum absolute atomic E-state index is 3.91. The maximum atomic E-state index is 3.91. The highest BCUT2D eigenvalue weighted by Crippen LogP contribution is 2.00. The van der Waals surface area contributed by atoms with Crippen LogP contribution in [0.5, 0.6) is 0 Å². The molecule has 3 nitrogen and oxygen atoms in total. The Balaban J connectivity index is 1.97. The number of aliphatic imine (C=N–C) groups is 2. The molecule has 0 N–H and O–H groups in total. The minimum Gasteiger partial charge on any atom is -0.299 e. The topological polar surface area (TPSA) is 27.7 Å². The molecule has 0 amide bonds. The van der Waals surface area contributed by atoms with Gasteiger partial charge in [0.25, 0.3) is 0 Å². The molecule has 0 aliphatic carbocycles. The van der Waals surface area contributed by atoms with Crippen LogP contribution in [0.15, 0.2) is 9.98 Å². The Morgan fingerprint density at radius 2 is 2.33 bits per heavy atom. The molecule has 0 saturated carbocycles. The summed E-state index contributed by atoms with van der Waals surface area (Å²) >= 11 is 0. The first-order valence-electron chi connectivity index (χ1n) is 3.16. The van der Waals surface area contributed by atoms with Gasteiger partial charge in [0, 0.05) is 26.7 Å². The van der Waals surface area contributed by atoms with Crippen LogP contribution in [-0.2, 0) is 0 Å². The van der Waals surface area contributed by atoms with Gasteiger partial charge in [-0.15, -0.1) is 0 Å². The van der Waals surface area contributed by atoms with Crippen LogP contribution in [0.25, 0.3) is 0 Å². The third kappa shape index (κ3) is 3.01. The summed E-state index contributed by atoms with van der Waals surface area (Å²) in [5.41, 5.74) is 0. The third-order valence-electron chi connectivity index (χ3n) is 1.24. The lowest BCUT2D eigenvalue weighted by Gasteiger charge is -1.90. The molecule has 1 aliphatic heterocycles. The van der Waals surface area contributed by atoms with Gasteiger partial charge in [0.15, 0.2) is 0 Å². The van der Waals surface area contributed by atoms with E-state index in [0.29, 0.717) is 0 Å². The van der Waals surface area contributed by atoms with E-state index in [4.69, 9.17) is 0 Å². The van der Waals surface area contributed by atoms with Crippen molar-refractivity contribution in [2.24, 2.45) is 9.98 Å². The molecule has 0 bridgehead atoms. The Morgan fingerprint density at radius 3 is 2.89 bits per heavy atom. The van der Waals surface area contributed by atoms with Gasteiger partial charge in [0.05, 0.1) is 12.6 Å². The Kier molecular flexibility index (Phi) is 2.43. The fourth-order valence-electron chi connectivity index (χ4n) is 0.606. The first-order valence-corrected chi connectivity index (χ1v) is 3.16. The molecular formula is C6H11N3. The summed E-state index contributed by atoms with van der Waals surface area (Å²) in [6.45, 7) is 4.41. The number of hydrogen-bond donors (Lipinski definition) is 0. The summed E-state index contributed by atoms with van der Waals surface area (Å²) < 4.78 is 0. The van der Waals surface area contributed by atoms with Crippen LogP contribution in [0.4, 0.5) is 0 Å². The van der Waals surface area contributed by atoms with Gasteiger partial charge in [-0.25, -0.2) is 9.98 Å². The zero-order valence-electron chi connectivity index (χ0n) is 5.67. The average Bonchev–Trinajstić information content (AvgIpc) is 2.63. The molecular weight excluding hydrogens is 114 g/mol. The molecule has 1 fully saturated rings. The van der Waals surface area contributed by atoms with E-state index in [1.54, 1.807) is 7.05 Å². The molecule has 1 aliphatic rings. The van der Waals surface area contributed by atoms with Gasteiger partial charge in [0.1, 0.15) is 0 Å². The van der Waals surface area contributed by atoms with E-state index in [1.165, 1.54) is 13.1 Å². The van der Waals surface area contributed by atoms with Gasteiger partial charge in [-0.05, 0) is 0 Å². The average molecular weight is 125 g/mol. The standard InChI is InChI=1S/C6H11N3/c1-7-6-8-2-3-9-4-5-9/h2-5H2,1H3. The molecule has 0 aromatic carbocycles. The highest BCUT2D eigenvalue weighted by molar-refractivity contribution is 5.40. The van der Waals surface area contributed by atoms with Gasteiger partial charge >= 0.3 is 0 Å². The molecule has 3 heteroatoms. The van der Waals surface area contributed by atoms with Crippen LogP contribution >= 0.6 is 0 Å². The molecule has 0 radical (unpaired) electrons. The monoisotopic (exact) mass is 125 g/mol. The quantitative estimate of drug-likeness (QED) is 0.388. The van der Waals surface area contributed by atoms with E-state index in [9.17, 15) is 0 Å². The Labute approximate surface area is 55.1 Å². The largest absolute Gasteiger partial charge is 0.299 e. The number of nitrogens with zero attached hydrogens (tertiary/aromatic N) is 3. The molecule has 50 valence electrons. The van der Waals surface area contributed by atoms with Crippen molar-refractivity contribution in [3.05, 3.63) is 0 Å². The third-order valence-corrected chi connectivity index (χ3v) is 1.24. The lowest BCUT2D eigenvalue weighted by molar-refractivity contribution is 0.571. The highest BCUT2D eigenvalue weighted by atomic mass is 15.3. The second-order valence-electron chi connectivity index (χ2n) is 2.05. The lowest BCUT2D eigenvalue weighted by atomic mass is 10.6. The summed E-state index contributed by atoms with van der Waals surface area (Å²) in [5.74, 6) is 0. The van der Waals surface area contributed by atoms with Gasteiger partial charge in [-0.2, -0.15) is 0 Å². The predicted molar refractivity (Wildman–Crippen MR) is 37.1 cm³/mol. The fourth-order valence-corrected chi connectivity index (χ4v) is 0.606. The molecule has 1 heterocycles. The SMILES string of the molecule is CN=C=NCCN1CC1. The Hall–Kier alpha value is -0.660. The zero-order chi connectivity index (χ0) is 6.53. The molecule has 0 aromatic heterocycles. The maximum Gasteiger partial charge on any atom is 0.0890 e. The predicted octanol–water partition coefficient (Wildman–Crippen LogP) is 0.106. The van der Waals surface area contributed by atoms with Crippen LogP contribution in [0, 0.1) is 0 Å². The van der Waals surface area contributed by atoms with Crippen molar-refractivity contribution in [1.29, 1.82) is 0 Å². The van der Waals surface area contributed by atoms with Gasteiger partial charge < -0.3 is 0 Å². The van der Waals surface area contributed by atoms with Crippen LogP contribution in [0.1, 0.15) is 0 Å². The molecule has 0 spiro atoms. The normalized spacial score (nSPS) is 16.6. The van der Waals surface area contributed by atoms with Crippen molar-refractivity contribution in [2.75, 3.05) is 33.2 Å². The number of hydrogen-bond acceptors (Lipinski definition) is 3. The second-order valence-corrected chi connectivity index (χ2v) is 2.05. The van der Waals surface area contributed by atoms with Crippen molar-refractivity contribution in [2.45, 2.75) is 0 Å². The second kappa shape index (κ2) is 3.38. The first-order chi connectivity index (χ1) is 4.43. The van der Waals surface area contributed by atoms with E-state index >= 15 is 0 Å². The van der Waals surface area contributed by atoms with Crippen molar-refractivity contribution in [1.82, 2.24) is 4.90 Å². The van der Waals surface area contributed by atoms with E-state index in [2.05, 4.69) is 20.9 Å². The van der Waals surface area contributed by atoms with Crippen LogP contribution in [0.3, 0.4) is 0 Å². The van der Waals surface area contributed by atoms with Crippen molar-refractivity contribution < 1.29 is 0 Å². The van der Waals surface area contributed by atoms with Gasteiger partial charge in [-0.1, -0.05) is 0 Å². The Morgan fingerprint density at radius 1 is 1.56 bits per heavy atom. The fraction of sp³-hybridized carbons (Fsp3) is 0.833. The minimum atomic E-state index is 0.845. The van der Waals surface area contributed by atoms with Crippen molar-refractivity contribution >= 4 is 6.01 Å². The molecule has 1 rings (SSSR count). The Bertz CT molecular complexity index is 131. The smallest absolute Gasteiger partial charge is 0.0890 e. The van der Waals surface area contributed by atoms with Crippen LogP contribution in [0.2, 0.25) is 0 Å². The molecule has 9 heavy (non-hydrogen) atoms. The highest BCUT2D eigenvalue weighted by Gasteiger charge is 2.14. The molecule has 0 atom stereocenters. The van der Waals surface area contributed by atoms with Gasteiger partial charge in [-0.3, -0.25) is 4.90 Å². The summed E-state index contributed by atoms with van der Waals surface area (Å²) in [7, 11) is 1.68. The number of rotatable bonds is 3.